The van der Waals surface area contributed by atoms with Gasteiger partial charge in [-0.25, -0.2) is 0 Å². The summed E-state index contributed by atoms with van der Waals surface area (Å²) < 4.78 is 0. The van der Waals surface area contributed by atoms with E-state index in [1.165, 1.54) is 11.1 Å². The van der Waals surface area contributed by atoms with Crippen LogP contribution in [0.25, 0.3) is 0 Å². The second-order valence-corrected chi connectivity index (χ2v) is 6.17. The molecule has 0 radical (unpaired) electrons. The molecular weight excluding hydrogens is 296 g/mol. The lowest BCUT2D eigenvalue weighted by Crippen LogP contribution is -2.37. The van der Waals surface area contributed by atoms with Gasteiger partial charge < -0.3 is 5.32 Å². The number of carbonyl (C=O) groups excluding carboxylic acids is 1. The van der Waals surface area contributed by atoms with Crippen molar-refractivity contribution in [3.8, 4) is 0 Å². The van der Waals surface area contributed by atoms with Gasteiger partial charge in [-0.05, 0) is 42.2 Å². The van der Waals surface area contributed by atoms with Gasteiger partial charge in [0.2, 0.25) is 5.91 Å². The topological polar surface area (TPSA) is 32.3 Å². The van der Waals surface area contributed by atoms with E-state index in [9.17, 15) is 4.79 Å². The molecule has 0 spiro atoms. The molecule has 2 aromatic rings. The van der Waals surface area contributed by atoms with Gasteiger partial charge in [0, 0.05) is 23.8 Å². The Morgan fingerprint density at radius 3 is 2.82 bits per heavy atom. The molecule has 3 nitrogen and oxygen atoms in total. The fourth-order valence-corrected chi connectivity index (χ4v) is 2.98. The van der Waals surface area contributed by atoms with E-state index in [0.29, 0.717) is 11.6 Å². The van der Waals surface area contributed by atoms with Crippen molar-refractivity contribution >= 4 is 23.2 Å². The van der Waals surface area contributed by atoms with Gasteiger partial charge in [-0.1, -0.05) is 41.9 Å². The minimum absolute atomic E-state index is 0.00440. The van der Waals surface area contributed by atoms with Gasteiger partial charge in [-0.3, -0.25) is 9.69 Å². The number of amides is 1. The van der Waals surface area contributed by atoms with Crippen LogP contribution in [0.4, 0.5) is 5.69 Å². The molecule has 3 rings (SSSR count). The molecule has 0 fully saturated rings. The molecule has 1 N–H and O–H groups in total. The Bertz CT molecular complexity index is 699. The zero-order chi connectivity index (χ0) is 15.5. The van der Waals surface area contributed by atoms with E-state index in [-0.39, 0.29) is 5.91 Å². The number of halogens is 1. The predicted octanol–water partition coefficient (Wildman–Crippen LogP) is 3.65. The largest absolute Gasteiger partial charge is 0.325 e. The van der Waals surface area contributed by atoms with Gasteiger partial charge in [0.05, 0.1) is 6.54 Å². The van der Waals surface area contributed by atoms with E-state index < -0.39 is 0 Å². The highest BCUT2D eigenvalue weighted by atomic mass is 35.5. The van der Waals surface area contributed by atoms with Crippen LogP contribution in [0.2, 0.25) is 5.02 Å². The molecule has 1 amide bonds. The van der Waals surface area contributed by atoms with Gasteiger partial charge in [-0.2, -0.15) is 0 Å². The number of aryl methyl sites for hydroxylation is 1. The van der Waals surface area contributed by atoms with E-state index in [2.05, 4.69) is 34.5 Å². The number of anilines is 1. The lowest BCUT2D eigenvalue weighted by molar-refractivity contribution is -0.117. The van der Waals surface area contributed by atoms with Crippen molar-refractivity contribution in [1.82, 2.24) is 4.90 Å². The number of hydrogen-bond acceptors (Lipinski definition) is 2. The Morgan fingerprint density at radius 2 is 2.00 bits per heavy atom. The standard InChI is InChI=1S/C18H19ClN2O/c1-13-6-7-16(19)10-17(13)20-18(22)12-21-9-8-14-4-2-3-5-15(14)11-21/h2-7,10H,8-9,11-12H2,1H3,(H,20,22). The Labute approximate surface area is 135 Å². The lowest BCUT2D eigenvalue weighted by Gasteiger charge is -2.28. The maximum absolute atomic E-state index is 12.3. The number of benzene rings is 2. The Morgan fingerprint density at radius 1 is 1.23 bits per heavy atom. The summed E-state index contributed by atoms with van der Waals surface area (Å²) in [5, 5.41) is 3.59. The molecular formula is C18H19ClN2O. The van der Waals surface area contributed by atoms with Gasteiger partial charge in [0.15, 0.2) is 0 Å². The fraction of sp³-hybridized carbons (Fsp3) is 0.278. The van der Waals surface area contributed by atoms with Crippen molar-refractivity contribution in [2.45, 2.75) is 19.9 Å². The molecule has 0 atom stereocenters. The summed E-state index contributed by atoms with van der Waals surface area (Å²) in [5.74, 6) is 0.00440. The summed E-state index contributed by atoms with van der Waals surface area (Å²) in [6.07, 6.45) is 1.000. The summed E-state index contributed by atoms with van der Waals surface area (Å²) in [5.41, 5.74) is 4.52. The molecule has 0 aliphatic carbocycles. The zero-order valence-electron chi connectivity index (χ0n) is 12.6. The number of hydrogen-bond donors (Lipinski definition) is 1. The summed E-state index contributed by atoms with van der Waals surface area (Å²) in [4.78, 5) is 14.4. The monoisotopic (exact) mass is 314 g/mol. The van der Waals surface area contributed by atoms with Crippen LogP contribution in [0.1, 0.15) is 16.7 Å². The van der Waals surface area contributed by atoms with Crippen LogP contribution < -0.4 is 5.32 Å². The van der Waals surface area contributed by atoms with Crippen LogP contribution in [0.15, 0.2) is 42.5 Å². The van der Waals surface area contributed by atoms with Crippen LogP contribution >= 0.6 is 11.6 Å². The first-order valence-corrected chi connectivity index (χ1v) is 7.85. The molecule has 0 unspecified atom stereocenters. The first kappa shape index (κ1) is 15.1. The normalized spacial score (nSPS) is 14.5. The average molecular weight is 315 g/mol. The number of rotatable bonds is 3. The smallest absolute Gasteiger partial charge is 0.238 e. The SMILES string of the molecule is Cc1ccc(Cl)cc1NC(=O)CN1CCc2ccccc2C1. The predicted molar refractivity (Wildman–Crippen MR) is 90.2 cm³/mol. The third-order valence-electron chi connectivity index (χ3n) is 4.05. The molecule has 22 heavy (non-hydrogen) atoms. The summed E-state index contributed by atoms with van der Waals surface area (Å²) in [6.45, 7) is 4.11. The molecule has 0 aromatic heterocycles. The highest BCUT2D eigenvalue weighted by Gasteiger charge is 2.18. The average Bonchev–Trinajstić information content (AvgIpc) is 2.51. The molecule has 1 heterocycles. The number of fused-ring (bicyclic) bond motifs is 1. The molecule has 0 saturated carbocycles. The highest BCUT2D eigenvalue weighted by Crippen LogP contribution is 2.21. The quantitative estimate of drug-likeness (QED) is 0.938. The van der Waals surface area contributed by atoms with E-state index in [0.717, 1.165) is 30.8 Å². The third-order valence-corrected chi connectivity index (χ3v) is 4.29. The van der Waals surface area contributed by atoms with Gasteiger partial charge in [-0.15, -0.1) is 0 Å². The molecule has 1 aliphatic heterocycles. The molecule has 0 saturated heterocycles. The molecule has 114 valence electrons. The lowest BCUT2D eigenvalue weighted by atomic mass is 10.00. The van der Waals surface area contributed by atoms with E-state index in [1.54, 1.807) is 6.07 Å². The van der Waals surface area contributed by atoms with Crippen molar-refractivity contribution in [3.05, 3.63) is 64.2 Å². The zero-order valence-corrected chi connectivity index (χ0v) is 13.4. The van der Waals surface area contributed by atoms with Crippen LogP contribution in [0, 0.1) is 6.92 Å². The molecule has 0 bridgehead atoms. The van der Waals surface area contributed by atoms with Gasteiger partial charge in [0.25, 0.3) is 0 Å². The first-order valence-electron chi connectivity index (χ1n) is 7.47. The van der Waals surface area contributed by atoms with E-state index in [4.69, 9.17) is 11.6 Å². The number of nitrogens with one attached hydrogen (secondary N) is 1. The first-order chi connectivity index (χ1) is 10.6. The van der Waals surface area contributed by atoms with Crippen LogP contribution in [-0.4, -0.2) is 23.9 Å². The number of carbonyl (C=O) groups is 1. The van der Waals surface area contributed by atoms with Crippen molar-refractivity contribution in [2.24, 2.45) is 0 Å². The minimum Gasteiger partial charge on any atom is -0.325 e. The minimum atomic E-state index is 0.00440. The second-order valence-electron chi connectivity index (χ2n) is 5.74. The van der Waals surface area contributed by atoms with Crippen LogP contribution in [0.5, 0.6) is 0 Å². The summed E-state index contributed by atoms with van der Waals surface area (Å²) >= 11 is 5.99. The van der Waals surface area contributed by atoms with Crippen molar-refractivity contribution in [1.29, 1.82) is 0 Å². The maximum Gasteiger partial charge on any atom is 0.238 e. The van der Waals surface area contributed by atoms with Crippen molar-refractivity contribution in [3.63, 3.8) is 0 Å². The molecule has 4 heteroatoms. The molecule has 1 aliphatic rings. The van der Waals surface area contributed by atoms with Gasteiger partial charge in [0.1, 0.15) is 0 Å². The Hall–Kier alpha value is -1.84. The maximum atomic E-state index is 12.3. The highest BCUT2D eigenvalue weighted by molar-refractivity contribution is 6.31. The van der Waals surface area contributed by atoms with Crippen LogP contribution in [0.3, 0.4) is 0 Å². The van der Waals surface area contributed by atoms with E-state index >= 15 is 0 Å². The Balaban J connectivity index is 1.62. The van der Waals surface area contributed by atoms with Crippen molar-refractivity contribution in [2.75, 3.05) is 18.4 Å². The number of nitrogens with zero attached hydrogens (tertiary/aromatic N) is 1. The fourth-order valence-electron chi connectivity index (χ4n) is 2.81. The van der Waals surface area contributed by atoms with Gasteiger partial charge >= 0.3 is 0 Å². The molecule has 2 aromatic carbocycles. The van der Waals surface area contributed by atoms with E-state index in [1.807, 2.05) is 19.1 Å². The summed E-state index contributed by atoms with van der Waals surface area (Å²) in [7, 11) is 0. The van der Waals surface area contributed by atoms with Crippen LogP contribution in [-0.2, 0) is 17.8 Å². The Kier molecular flexibility index (Phi) is 4.46. The summed E-state index contributed by atoms with van der Waals surface area (Å²) in [6, 6.07) is 14.0. The second kappa shape index (κ2) is 6.51. The third kappa shape index (κ3) is 3.49. The van der Waals surface area contributed by atoms with Crippen molar-refractivity contribution < 1.29 is 4.79 Å².